The predicted molar refractivity (Wildman–Crippen MR) is 97.1 cm³/mol. The van der Waals surface area contributed by atoms with Crippen molar-refractivity contribution in [2.45, 2.75) is 57.0 Å². The topological polar surface area (TPSA) is 49.4 Å². The number of anilines is 1. The van der Waals surface area contributed by atoms with Gasteiger partial charge in [0, 0.05) is 40.1 Å². The van der Waals surface area contributed by atoms with Gasteiger partial charge in [0.15, 0.2) is 0 Å². The number of hydrogen-bond donors (Lipinski definition) is 1. The van der Waals surface area contributed by atoms with Gasteiger partial charge >= 0.3 is 6.03 Å². The normalized spacial score (nSPS) is 17.4. The first kappa shape index (κ1) is 18.0. The summed E-state index contributed by atoms with van der Waals surface area (Å²) in [4.78, 5) is 14.3. The van der Waals surface area contributed by atoms with Gasteiger partial charge in [0.05, 0.1) is 0 Å². The molecule has 0 bridgehead atoms. The second-order valence-electron chi connectivity index (χ2n) is 7.13. The number of rotatable bonds is 3. The van der Waals surface area contributed by atoms with Crippen molar-refractivity contribution in [2.75, 3.05) is 18.4 Å². The Labute approximate surface area is 142 Å². The first-order chi connectivity index (χ1) is 10.9. The number of hydrogen-bond acceptors (Lipinski definition) is 2. The summed E-state index contributed by atoms with van der Waals surface area (Å²) in [6.45, 7) is 7.61. The molecule has 0 spiro atoms. The van der Waals surface area contributed by atoms with Crippen LogP contribution < -0.4 is 5.32 Å². The van der Waals surface area contributed by atoms with Crippen LogP contribution in [0.25, 0.3) is 0 Å². The Morgan fingerprint density at radius 1 is 1.17 bits per heavy atom. The second kappa shape index (κ2) is 7.95. The molecule has 1 aromatic rings. The lowest BCUT2D eigenvalue weighted by Crippen LogP contribution is -2.35. The summed E-state index contributed by atoms with van der Waals surface area (Å²) in [6, 6.07) is 7.66. The van der Waals surface area contributed by atoms with Crippen LogP contribution in [-0.2, 0) is 16.6 Å². The number of carbonyl (C=O) groups is 1. The Bertz CT molecular complexity index is 558. The Balaban J connectivity index is 1.99. The lowest BCUT2D eigenvalue weighted by molar-refractivity contribution is 0.214. The maximum absolute atomic E-state index is 12.4. The molecule has 1 atom stereocenters. The monoisotopic (exact) mass is 336 g/mol. The van der Waals surface area contributed by atoms with Crippen LogP contribution in [0.5, 0.6) is 0 Å². The van der Waals surface area contributed by atoms with E-state index in [1.807, 2.05) is 49.9 Å². The number of carbonyl (C=O) groups excluding carboxylic acids is 1. The zero-order valence-electron chi connectivity index (χ0n) is 14.4. The van der Waals surface area contributed by atoms with Gasteiger partial charge in [-0.1, -0.05) is 25.0 Å². The minimum atomic E-state index is -0.939. The van der Waals surface area contributed by atoms with Crippen LogP contribution in [0.15, 0.2) is 24.3 Å². The summed E-state index contributed by atoms with van der Waals surface area (Å²) in [5, 5.41) is 2.98. The molecule has 1 aliphatic rings. The molecule has 1 fully saturated rings. The number of likely N-dealkylation sites (tertiary alicyclic amines) is 1. The zero-order valence-corrected chi connectivity index (χ0v) is 15.2. The van der Waals surface area contributed by atoms with E-state index in [0.717, 1.165) is 37.2 Å². The van der Waals surface area contributed by atoms with E-state index in [1.54, 1.807) is 0 Å². The summed E-state index contributed by atoms with van der Waals surface area (Å²) in [7, 11) is -0.939. The highest BCUT2D eigenvalue weighted by Crippen LogP contribution is 2.19. The Hall–Kier alpha value is -1.36. The van der Waals surface area contributed by atoms with E-state index in [0.29, 0.717) is 5.75 Å². The standard InChI is InChI=1S/C18H28N2O2S/c1-18(2,3)23(22)14-15-9-8-10-16(13-15)19-17(21)20-11-6-4-5-7-12-20/h8-10,13H,4-7,11-12,14H2,1-3H3,(H,19,21). The highest BCUT2D eigenvalue weighted by molar-refractivity contribution is 7.85. The van der Waals surface area contributed by atoms with E-state index >= 15 is 0 Å². The predicted octanol–water partition coefficient (Wildman–Crippen LogP) is 4.14. The number of nitrogens with zero attached hydrogens (tertiary/aromatic N) is 1. The molecule has 1 heterocycles. The maximum Gasteiger partial charge on any atom is 0.321 e. The van der Waals surface area contributed by atoms with Gasteiger partial charge in [-0.25, -0.2) is 4.79 Å². The van der Waals surface area contributed by atoms with Crippen molar-refractivity contribution < 1.29 is 9.00 Å². The zero-order chi connectivity index (χ0) is 16.9. The molecule has 0 aromatic heterocycles. The average Bonchev–Trinajstić information content (AvgIpc) is 2.75. The number of amides is 2. The lowest BCUT2D eigenvalue weighted by atomic mass is 10.2. The molecule has 128 valence electrons. The summed E-state index contributed by atoms with van der Waals surface area (Å²) in [5.74, 6) is 0.511. The van der Waals surface area contributed by atoms with Crippen LogP contribution in [0.2, 0.25) is 0 Å². The SMILES string of the molecule is CC(C)(C)S(=O)Cc1cccc(NC(=O)N2CCCCCC2)c1. The van der Waals surface area contributed by atoms with Gasteiger partial charge in [-0.3, -0.25) is 4.21 Å². The molecule has 1 unspecified atom stereocenters. The Morgan fingerprint density at radius 3 is 2.43 bits per heavy atom. The molecule has 1 aliphatic heterocycles. The van der Waals surface area contributed by atoms with Crippen LogP contribution in [0, 0.1) is 0 Å². The third-order valence-electron chi connectivity index (χ3n) is 4.05. The van der Waals surface area contributed by atoms with Crippen molar-refractivity contribution in [2.24, 2.45) is 0 Å². The summed E-state index contributed by atoms with van der Waals surface area (Å²) in [6.07, 6.45) is 4.58. The lowest BCUT2D eigenvalue weighted by Gasteiger charge is -2.21. The highest BCUT2D eigenvalue weighted by Gasteiger charge is 2.20. The van der Waals surface area contributed by atoms with Crippen molar-refractivity contribution in [3.63, 3.8) is 0 Å². The maximum atomic E-state index is 12.4. The van der Waals surface area contributed by atoms with Crippen molar-refractivity contribution in [3.8, 4) is 0 Å². The molecular weight excluding hydrogens is 308 g/mol. The van der Waals surface area contributed by atoms with Crippen LogP contribution >= 0.6 is 0 Å². The number of benzene rings is 1. The molecule has 1 aromatic carbocycles. The quantitative estimate of drug-likeness (QED) is 0.902. The van der Waals surface area contributed by atoms with Crippen molar-refractivity contribution in [1.29, 1.82) is 0 Å². The van der Waals surface area contributed by atoms with E-state index in [2.05, 4.69) is 5.32 Å². The third kappa shape index (κ3) is 5.65. The van der Waals surface area contributed by atoms with Crippen LogP contribution in [0.4, 0.5) is 10.5 Å². The van der Waals surface area contributed by atoms with E-state index in [-0.39, 0.29) is 10.8 Å². The minimum Gasteiger partial charge on any atom is -0.325 e. The molecule has 23 heavy (non-hydrogen) atoms. The summed E-state index contributed by atoms with van der Waals surface area (Å²) in [5.41, 5.74) is 1.77. The fourth-order valence-electron chi connectivity index (χ4n) is 2.58. The number of nitrogens with one attached hydrogen (secondary N) is 1. The molecule has 1 N–H and O–H groups in total. The molecule has 0 aliphatic carbocycles. The number of urea groups is 1. The van der Waals surface area contributed by atoms with Gasteiger partial charge in [-0.2, -0.15) is 0 Å². The van der Waals surface area contributed by atoms with Crippen molar-refractivity contribution >= 4 is 22.5 Å². The largest absolute Gasteiger partial charge is 0.325 e. The van der Waals surface area contributed by atoms with Crippen LogP contribution in [-0.4, -0.2) is 33.0 Å². The smallest absolute Gasteiger partial charge is 0.321 e. The molecule has 2 rings (SSSR count). The second-order valence-corrected chi connectivity index (χ2v) is 9.34. The van der Waals surface area contributed by atoms with Gasteiger partial charge < -0.3 is 10.2 Å². The van der Waals surface area contributed by atoms with E-state index < -0.39 is 10.8 Å². The van der Waals surface area contributed by atoms with E-state index in [4.69, 9.17) is 0 Å². The van der Waals surface area contributed by atoms with Crippen molar-refractivity contribution in [1.82, 2.24) is 4.90 Å². The van der Waals surface area contributed by atoms with E-state index in [1.165, 1.54) is 12.8 Å². The van der Waals surface area contributed by atoms with Crippen LogP contribution in [0.1, 0.15) is 52.0 Å². The fraction of sp³-hybridized carbons (Fsp3) is 0.611. The van der Waals surface area contributed by atoms with E-state index in [9.17, 15) is 9.00 Å². The fourth-order valence-corrected chi connectivity index (χ4v) is 3.50. The van der Waals surface area contributed by atoms with Gasteiger partial charge in [0.25, 0.3) is 0 Å². The molecule has 5 heteroatoms. The third-order valence-corrected chi connectivity index (χ3v) is 6.01. The minimum absolute atomic E-state index is 0.0269. The summed E-state index contributed by atoms with van der Waals surface area (Å²) >= 11 is 0. The summed E-state index contributed by atoms with van der Waals surface area (Å²) < 4.78 is 12.0. The Kier molecular flexibility index (Phi) is 6.22. The van der Waals surface area contributed by atoms with Gasteiger partial charge in [-0.05, 0) is 51.3 Å². The molecule has 0 radical (unpaired) electrons. The Morgan fingerprint density at radius 2 is 1.83 bits per heavy atom. The average molecular weight is 337 g/mol. The molecule has 4 nitrogen and oxygen atoms in total. The first-order valence-electron chi connectivity index (χ1n) is 8.39. The molecule has 2 amide bonds. The molecule has 1 saturated heterocycles. The molecular formula is C18H28N2O2S. The molecule has 0 saturated carbocycles. The first-order valence-corrected chi connectivity index (χ1v) is 9.71. The van der Waals surface area contributed by atoms with Gasteiger partial charge in [0.1, 0.15) is 0 Å². The van der Waals surface area contributed by atoms with Crippen LogP contribution in [0.3, 0.4) is 0 Å². The van der Waals surface area contributed by atoms with Gasteiger partial charge in [-0.15, -0.1) is 0 Å². The highest BCUT2D eigenvalue weighted by atomic mass is 32.2. The van der Waals surface area contributed by atoms with Gasteiger partial charge in [0.2, 0.25) is 0 Å². The van der Waals surface area contributed by atoms with Crippen molar-refractivity contribution in [3.05, 3.63) is 29.8 Å².